The number of allylic oxidation sites excluding steroid dienone is 1. The first-order valence-electron chi connectivity index (χ1n) is 11.4. The van der Waals surface area contributed by atoms with Gasteiger partial charge in [0.1, 0.15) is 11.5 Å². The Labute approximate surface area is 214 Å². The lowest BCUT2D eigenvalue weighted by Gasteiger charge is -2.25. The van der Waals surface area contributed by atoms with E-state index in [2.05, 4.69) is 4.99 Å². The molecule has 1 aliphatic rings. The van der Waals surface area contributed by atoms with Crippen molar-refractivity contribution in [2.75, 3.05) is 7.11 Å². The quantitative estimate of drug-likeness (QED) is 0.218. The number of thiazole rings is 1. The summed E-state index contributed by atoms with van der Waals surface area (Å²) in [6.07, 6.45) is 2.10. The molecule has 0 amide bonds. The Kier molecular flexibility index (Phi) is 6.41. The molecule has 0 radical (unpaired) electrons. The van der Waals surface area contributed by atoms with E-state index >= 15 is 0 Å². The molecule has 0 N–H and O–H groups in total. The number of ether oxygens (including phenoxy) is 1. The van der Waals surface area contributed by atoms with E-state index in [1.165, 1.54) is 35.1 Å². The third-order valence-electron chi connectivity index (χ3n) is 6.01. The minimum atomic E-state index is -0.681. The van der Waals surface area contributed by atoms with E-state index in [4.69, 9.17) is 9.15 Å². The van der Waals surface area contributed by atoms with Crippen molar-refractivity contribution in [2.45, 2.75) is 19.4 Å². The Morgan fingerprint density at radius 3 is 2.68 bits per heavy atom. The number of hydrogen-bond acceptors (Lipinski definition) is 8. The fourth-order valence-corrected chi connectivity index (χ4v) is 5.30. The van der Waals surface area contributed by atoms with Gasteiger partial charge >= 0.3 is 5.97 Å². The molecule has 4 aromatic rings. The number of methoxy groups -OCH3 is 1. The van der Waals surface area contributed by atoms with Crippen molar-refractivity contribution in [2.24, 2.45) is 4.99 Å². The molecule has 1 atom stereocenters. The maximum atomic E-state index is 13.6. The van der Waals surface area contributed by atoms with Crippen molar-refractivity contribution in [1.82, 2.24) is 4.57 Å². The predicted octanol–water partition coefficient (Wildman–Crippen LogP) is 3.97. The van der Waals surface area contributed by atoms with E-state index in [1.54, 1.807) is 30.3 Å². The second-order valence-electron chi connectivity index (χ2n) is 8.21. The molecule has 37 heavy (non-hydrogen) atoms. The van der Waals surface area contributed by atoms with Crippen molar-refractivity contribution < 1.29 is 18.9 Å². The molecule has 0 bridgehead atoms. The largest absolute Gasteiger partial charge is 0.466 e. The zero-order valence-electron chi connectivity index (χ0n) is 19.9. The number of nitrogens with zero attached hydrogens (tertiary/aromatic N) is 3. The highest BCUT2D eigenvalue weighted by molar-refractivity contribution is 7.07. The van der Waals surface area contributed by atoms with E-state index in [-0.39, 0.29) is 11.2 Å². The normalized spacial score (nSPS) is 15.3. The van der Waals surface area contributed by atoms with Crippen molar-refractivity contribution in [3.63, 3.8) is 0 Å². The second kappa shape index (κ2) is 9.82. The van der Waals surface area contributed by atoms with Crippen LogP contribution in [0.1, 0.15) is 30.7 Å². The molecule has 2 aromatic heterocycles. The fourth-order valence-electron chi connectivity index (χ4n) is 4.30. The van der Waals surface area contributed by atoms with Crippen molar-refractivity contribution in [3.05, 3.63) is 119 Å². The number of aromatic nitrogens is 1. The number of rotatable bonds is 6. The van der Waals surface area contributed by atoms with Gasteiger partial charge in [0.2, 0.25) is 0 Å². The Bertz CT molecular complexity index is 1730. The van der Waals surface area contributed by atoms with Gasteiger partial charge in [0.25, 0.3) is 11.2 Å². The van der Waals surface area contributed by atoms with Gasteiger partial charge in [-0.15, -0.1) is 0 Å². The first-order chi connectivity index (χ1) is 17.9. The monoisotopic (exact) mass is 515 g/mol. The highest BCUT2D eigenvalue weighted by atomic mass is 32.1. The number of furan rings is 1. The van der Waals surface area contributed by atoms with Gasteiger partial charge in [0.05, 0.1) is 33.9 Å². The van der Waals surface area contributed by atoms with Crippen LogP contribution in [0.4, 0.5) is 5.69 Å². The molecule has 0 unspecified atom stereocenters. The van der Waals surface area contributed by atoms with E-state index in [0.717, 1.165) is 5.56 Å². The first-order valence-corrected chi connectivity index (χ1v) is 12.3. The minimum absolute atomic E-state index is 0.0437. The van der Waals surface area contributed by atoms with Crippen LogP contribution >= 0.6 is 11.3 Å². The molecule has 10 heteroatoms. The molecule has 0 saturated heterocycles. The van der Waals surface area contributed by atoms with Crippen LogP contribution < -0.4 is 14.9 Å². The zero-order chi connectivity index (χ0) is 26.1. The average Bonchev–Trinajstić information content (AvgIpc) is 3.52. The SMILES string of the molecule is CCC1=C(C(=O)OC)[C@H](c2ccccc2)n2c(s/c(=C\c3ccc(-c4cccc([N+](=O)[O-])c4)o3)c2=O)=N1. The van der Waals surface area contributed by atoms with Crippen LogP contribution in [-0.4, -0.2) is 22.6 Å². The molecule has 0 fully saturated rings. The Morgan fingerprint density at radius 1 is 1.19 bits per heavy atom. The summed E-state index contributed by atoms with van der Waals surface area (Å²) in [5, 5.41) is 11.1. The Morgan fingerprint density at radius 2 is 1.97 bits per heavy atom. The number of non-ortho nitro benzene ring substituents is 1. The van der Waals surface area contributed by atoms with Crippen molar-refractivity contribution >= 4 is 29.1 Å². The standard InChI is InChI=1S/C27H21N3O6S/c1-3-20-23(26(32)35-2)24(16-8-5-4-6-9-16)29-25(31)22(37-27(29)28-20)15-19-12-13-21(36-19)17-10-7-11-18(14-17)30(33)34/h4-15,24H,3H2,1-2H3/b22-15-/t24-/m0/s1. The summed E-state index contributed by atoms with van der Waals surface area (Å²) in [7, 11) is 1.31. The lowest BCUT2D eigenvalue weighted by Crippen LogP contribution is -2.40. The van der Waals surface area contributed by atoms with Crippen molar-refractivity contribution in [3.8, 4) is 11.3 Å². The smallest absolute Gasteiger partial charge is 0.338 e. The van der Waals surface area contributed by atoms with E-state index < -0.39 is 16.9 Å². The fraction of sp³-hybridized carbons (Fsp3) is 0.148. The molecule has 0 aliphatic carbocycles. The number of nitro benzene ring substituents is 1. The molecule has 0 saturated carbocycles. The van der Waals surface area contributed by atoms with Crippen LogP contribution in [0.2, 0.25) is 0 Å². The van der Waals surface area contributed by atoms with Crippen LogP contribution in [0, 0.1) is 10.1 Å². The van der Waals surface area contributed by atoms with Crippen LogP contribution in [-0.2, 0) is 9.53 Å². The van der Waals surface area contributed by atoms with Crippen LogP contribution in [0.25, 0.3) is 17.4 Å². The van der Waals surface area contributed by atoms with Crippen LogP contribution in [0.15, 0.2) is 92.2 Å². The Balaban J connectivity index is 1.64. The summed E-state index contributed by atoms with van der Waals surface area (Å²) in [6, 6.07) is 18.1. The molecular weight excluding hydrogens is 494 g/mol. The number of fused-ring (bicyclic) bond motifs is 1. The van der Waals surface area contributed by atoms with Crippen LogP contribution in [0.3, 0.4) is 0 Å². The maximum absolute atomic E-state index is 13.6. The minimum Gasteiger partial charge on any atom is -0.466 e. The Hall–Kier alpha value is -4.57. The lowest BCUT2D eigenvalue weighted by molar-refractivity contribution is -0.384. The van der Waals surface area contributed by atoms with Gasteiger partial charge in [-0.05, 0) is 24.1 Å². The molecule has 186 valence electrons. The second-order valence-corrected chi connectivity index (χ2v) is 9.22. The summed E-state index contributed by atoms with van der Waals surface area (Å²) in [5.41, 5.74) is 1.86. The summed E-state index contributed by atoms with van der Waals surface area (Å²) >= 11 is 1.20. The molecule has 2 aromatic carbocycles. The number of benzene rings is 2. The van der Waals surface area contributed by atoms with Gasteiger partial charge in [-0.25, -0.2) is 9.79 Å². The van der Waals surface area contributed by atoms with Gasteiger partial charge in [-0.2, -0.15) is 0 Å². The summed E-state index contributed by atoms with van der Waals surface area (Å²) in [4.78, 5) is 42.2. The van der Waals surface area contributed by atoms with E-state index in [9.17, 15) is 19.7 Å². The lowest BCUT2D eigenvalue weighted by atomic mass is 9.95. The number of esters is 1. The van der Waals surface area contributed by atoms with Gasteiger partial charge in [-0.1, -0.05) is 60.7 Å². The van der Waals surface area contributed by atoms with Gasteiger partial charge in [0.15, 0.2) is 4.80 Å². The summed E-state index contributed by atoms with van der Waals surface area (Å²) in [6.45, 7) is 1.90. The molecule has 0 spiro atoms. The average molecular weight is 516 g/mol. The van der Waals surface area contributed by atoms with Gasteiger partial charge in [0, 0.05) is 23.8 Å². The van der Waals surface area contributed by atoms with E-state index in [0.29, 0.717) is 44.1 Å². The summed E-state index contributed by atoms with van der Waals surface area (Å²) < 4.78 is 12.8. The third-order valence-corrected chi connectivity index (χ3v) is 6.99. The maximum Gasteiger partial charge on any atom is 0.338 e. The zero-order valence-corrected chi connectivity index (χ0v) is 20.7. The molecule has 5 rings (SSSR count). The highest BCUT2D eigenvalue weighted by Crippen LogP contribution is 2.32. The van der Waals surface area contributed by atoms with E-state index in [1.807, 2.05) is 37.3 Å². The number of hydrogen-bond donors (Lipinski definition) is 0. The molecule has 9 nitrogen and oxygen atoms in total. The van der Waals surface area contributed by atoms with Gasteiger partial charge in [-0.3, -0.25) is 19.5 Å². The third kappa shape index (κ3) is 4.43. The topological polar surface area (TPSA) is 117 Å². The number of carbonyl (C=O) groups is 1. The molecular formula is C27H21N3O6S. The number of nitro groups is 1. The van der Waals surface area contributed by atoms with Crippen molar-refractivity contribution in [1.29, 1.82) is 0 Å². The number of carbonyl (C=O) groups excluding carboxylic acids is 1. The molecule has 3 heterocycles. The highest BCUT2D eigenvalue weighted by Gasteiger charge is 2.33. The molecule has 1 aliphatic heterocycles. The summed E-state index contributed by atoms with van der Waals surface area (Å²) in [5.74, 6) is 0.313. The predicted molar refractivity (Wildman–Crippen MR) is 138 cm³/mol. The van der Waals surface area contributed by atoms with Crippen LogP contribution in [0.5, 0.6) is 0 Å². The first kappa shape index (κ1) is 24.1. The van der Waals surface area contributed by atoms with Gasteiger partial charge < -0.3 is 9.15 Å².